The van der Waals surface area contributed by atoms with Gasteiger partial charge in [0.05, 0.1) is 6.04 Å². The molecular weight excluding hydrogens is 260 g/mol. The highest BCUT2D eigenvalue weighted by atomic mass is 35.5. The zero-order chi connectivity index (χ0) is 13.7. The molecule has 1 aromatic carbocycles. The Labute approximate surface area is 119 Å². The quantitative estimate of drug-likeness (QED) is 0.890. The Balaban J connectivity index is 1.82. The second kappa shape index (κ2) is 6.92. The summed E-state index contributed by atoms with van der Waals surface area (Å²) >= 11 is 5.86. The highest BCUT2D eigenvalue weighted by Gasteiger charge is 2.18. The maximum Gasteiger partial charge on any atom is 0.220 e. The second-order valence-corrected chi connectivity index (χ2v) is 5.67. The van der Waals surface area contributed by atoms with Gasteiger partial charge in [-0.25, -0.2) is 0 Å². The summed E-state index contributed by atoms with van der Waals surface area (Å²) in [7, 11) is 0. The van der Waals surface area contributed by atoms with Gasteiger partial charge in [-0.1, -0.05) is 23.7 Å². The van der Waals surface area contributed by atoms with E-state index in [1.165, 1.54) is 0 Å². The van der Waals surface area contributed by atoms with Crippen LogP contribution in [0.15, 0.2) is 24.3 Å². The SMILES string of the molecule is C[C@H](NC(=O)CC1CCNCC1)c1ccc(Cl)cc1. The largest absolute Gasteiger partial charge is 0.350 e. The van der Waals surface area contributed by atoms with Crippen molar-refractivity contribution in [2.45, 2.75) is 32.2 Å². The number of benzene rings is 1. The molecule has 1 aromatic rings. The lowest BCUT2D eigenvalue weighted by molar-refractivity contribution is -0.122. The third-order valence-electron chi connectivity index (χ3n) is 3.68. The minimum absolute atomic E-state index is 0.0338. The molecule has 0 aliphatic carbocycles. The Hall–Kier alpha value is -1.06. The van der Waals surface area contributed by atoms with Crippen molar-refractivity contribution in [2.75, 3.05) is 13.1 Å². The third kappa shape index (κ3) is 4.51. The molecule has 2 N–H and O–H groups in total. The van der Waals surface area contributed by atoms with E-state index >= 15 is 0 Å². The Morgan fingerprint density at radius 3 is 2.63 bits per heavy atom. The molecule has 0 radical (unpaired) electrons. The number of hydrogen-bond acceptors (Lipinski definition) is 2. The molecule has 104 valence electrons. The van der Waals surface area contributed by atoms with Gasteiger partial charge in [0.2, 0.25) is 5.91 Å². The normalized spacial score (nSPS) is 18.0. The fraction of sp³-hybridized carbons (Fsp3) is 0.533. The van der Waals surface area contributed by atoms with Crippen molar-refractivity contribution >= 4 is 17.5 Å². The Bertz CT molecular complexity index is 413. The molecule has 19 heavy (non-hydrogen) atoms. The molecule has 1 saturated heterocycles. The van der Waals surface area contributed by atoms with Crippen LogP contribution in [0.25, 0.3) is 0 Å². The van der Waals surface area contributed by atoms with E-state index in [1.54, 1.807) is 0 Å². The van der Waals surface area contributed by atoms with Crippen molar-refractivity contribution in [1.82, 2.24) is 10.6 Å². The van der Waals surface area contributed by atoms with Crippen molar-refractivity contribution in [1.29, 1.82) is 0 Å². The molecule has 1 amide bonds. The number of carbonyl (C=O) groups is 1. The van der Waals surface area contributed by atoms with Gasteiger partial charge >= 0.3 is 0 Å². The predicted octanol–water partition coefficient (Wildman–Crippen LogP) is 2.91. The Morgan fingerprint density at radius 2 is 2.00 bits per heavy atom. The standard InChI is InChI=1S/C15H21ClN2O/c1-11(13-2-4-14(16)5-3-13)18-15(19)10-12-6-8-17-9-7-12/h2-5,11-12,17H,6-10H2,1H3,(H,18,19)/t11-/m0/s1. The fourth-order valence-electron chi connectivity index (χ4n) is 2.48. The fourth-order valence-corrected chi connectivity index (χ4v) is 2.61. The summed E-state index contributed by atoms with van der Waals surface area (Å²) in [4.78, 5) is 12.0. The highest BCUT2D eigenvalue weighted by molar-refractivity contribution is 6.30. The van der Waals surface area contributed by atoms with Crippen LogP contribution in [-0.4, -0.2) is 19.0 Å². The van der Waals surface area contributed by atoms with E-state index in [9.17, 15) is 4.79 Å². The lowest BCUT2D eigenvalue weighted by Crippen LogP contribution is -2.33. The average molecular weight is 281 g/mol. The number of carbonyl (C=O) groups excluding carboxylic acids is 1. The van der Waals surface area contributed by atoms with Gasteiger partial charge in [-0.05, 0) is 56.5 Å². The summed E-state index contributed by atoms with van der Waals surface area (Å²) < 4.78 is 0. The average Bonchev–Trinajstić information content (AvgIpc) is 2.40. The van der Waals surface area contributed by atoms with Crippen LogP contribution >= 0.6 is 11.6 Å². The van der Waals surface area contributed by atoms with Crippen molar-refractivity contribution in [2.24, 2.45) is 5.92 Å². The van der Waals surface area contributed by atoms with E-state index < -0.39 is 0 Å². The first-order valence-electron chi connectivity index (χ1n) is 6.90. The first kappa shape index (κ1) is 14.4. The third-order valence-corrected chi connectivity index (χ3v) is 3.93. The van der Waals surface area contributed by atoms with E-state index in [-0.39, 0.29) is 11.9 Å². The van der Waals surface area contributed by atoms with Crippen molar-refractivity contribution in [3.05, 3.63) is 34.9 Å². The maximum atomic E-state index is 12.0. The Morgan fingerprint density at radius 1 is 1.37 bits per heavy atom. The number of nitrogens with one attached hydrogen (secondary N) is 2. The van der Waals surface area contributed by atoms with Crippen molar-refractivity contribution < 1.29 is 4.79 Å². The van der Waals surface area contributed by atoms with E-state index in [4.69, 9.17) is 11.6 Å². The molecule has 0 spiro atoms. The molecule has 1 atom stereocenters. The lowest BCUT2D eigenvalue weighted by Gasteiger charge is -2.23. The lowest BCUT2D eigenvalue weighted by atomic mass is 9.94. The topological polar surface area (TPSA) is 41.1 Å². The van der Waals surface area contributed by atoms with Gasteiger partial charge in [0.25, 0.3) is 0 Å². The Kier molecular flexibility index (Phi) is 5.23. The van der Waals surface area contributed by atoms with E-state index in [1.807, 2.05) is 31.2 Å². The summed E-state index contributed by atoms with van der Waals surface area (Å²) in [5, 5.41) is 7.10. The number of hydrogen-bond donors (Lipinski definition) is 2. The van der Waals surface area contributed by atoms with Gasteiger partial charge in [-0.3, -0.25) is 4.79 Å². The molecule has 1 heterocycles. The first-order valence-corrected chi connectivity index (χ1v) is 7.28. The first-order chi connectivity index (χ1) is 9.15. The highest BCUT2D eigenvalue weighted by Crippen LogP contribution is 2.18. The molecule has 1 fully saturated rings. The molecule has 0 unspecified atom stereocenters. The van der Waals surface area contributed by atoms with Crippen LogP contribution in [0.2, 0.25) is 5.02 Å². The smallest absolute Gasteiger partial charge is 0.220 e. The zero-order valence-electron chi connectivity index (χ0n) is 11.3. The van der Waals surface area contributed by atoms with Gasteiger partial charge < -0.3 is 10.6 Å². The molecule has 4 heteroatoms. The van der Waals surface area contributed by atoms with E-state index in [2.05, 4.69) is 10.6 Å². The van der Waals surface area contributed by atoms with E-state index in [0.717, 1.165) is 36.5 Å². The van der Waals surface area contributed by atoms with Gasteiger partial charge in [0.1, 0.15) is 0 Å². The van der Waals surface area contributed by atoms with Crippen LogP contribution in [0.1, 0.15) is 37.8 Å². The molecule has 1 aliphatic heterocycles. The van der Waals surface area contributed by atoms with Crippen LogP contribution in [-0.2, 0) is 4.79 Å². The summed E-state index contributed by atoms with van der Waals surface area (Å²) in [6.07, 6.45) is 2.84. The summed E-state index contributed by atoms with van der Waals surface area (Å²) in [6, 6.07) is 7.65. The predicted molar refractivity (Wildman–Crippen MR) is 78.2 cm³/mol. The van der Waals surface area contributed by atoms with Crippen molar-refractivity contribution in [3.8, 4) is 0 Å². The van der Waals surface area contributed by atoms with Crippen LogP contribution in [0.3, 0.4) is 0 Å². The molecule has 1 aliphatic rings. The minimum Gasteiger partial charge on any atom is -0.350 e. The van der Waals surface area contributed by atoms with Gasteiger partial charge in [-0.2, -0.15) is 0 Å². The van der Waals surface area contributed by atoms with Crippen LogP contribution < -0.4 is 10.6 Å². The summed E-state index contributed by atoms with van der Waals surface area (Å²) in [5.74, 6) is 0.674. The maximum absolute atomic E-state index is 12.0. The number of halogens is 1. The monoisotopic (exact) mass is 280 g/mol. The molecular formula is C15H21ClN2O. The summed E-state index contributed by atoms with van der Waals surface area (Å²) in [6.45, 7) is 4.07. The second-order valence-electron chi connectivity index (χ2n) is 5.24. The molecule has 0 aromatic heterocycles. The van der Waals surface area contributed by atoms with Crippen LogP contribution in [0, 0.1) is 5.92 Å². The molecule has 0 saturated carbocycles. The number of rotatable bonds is 4. The summed E-state index contributed by atoms with van der Waals surface area (Å²) in [5.41, 5.74) is 1.09. The minimum atomic E-state index is 0.0338. The number of piperidine rings is 1. The van der Waals surface area contributed by atoms with Crippen molar-refractivity contribution in [3.63, 3.8) is 0 Å². The molecule has 0 bridgehead atoms. The van der Waals surface area contributed by atoms with Gasteiger partial charge in [0, 0.05) is 11.4 Å². The van der Waals surface area contributed by atoms with E-state index in [0.29, 0.717) is 12.3 Å². The number of amides is 1. The molecule has 2 rings (SSSR count). The van der Waals surface area contributed by atoms with Crippen LogP contribution in [0.5, 0.6) is 0 Å². The van der Waals surface area contributed by atoms with Crippen LogP contribution in [0.4, 0.5) is 0 Å². The molecule has 3 nitrogen and oxygen atoms in total. The zero-order valence-corrected chi connectivity index (χ0v) is 12.0. The van der Waals surface area contributed by atoms with Gasteiger partial charge in [0.15, 0.2) is 0 Å². The van der Waals surface area contributed by atoms with Gasteiger partial charge in [-0.15, -0.1) is 0 Å².